The summed E-state index contributed by atoms with van der Waals surface area (Å²) in [6.45, 7) is 3.84. The third kappa shape index (κ3) is 3.84. The van der Waals surface area contributed by atoms with E-state index < -0.39 is 24.2 Å². The summed E-state index contributed by atoms with van der Waals surface area (Å²) in [5, 5.41) is 9.61. The molecule has 0 amide bonds. The van der Waals surface area contributed by atoms with Crippen molar-refractivity contribution in [3.63, 3.8) is 0 Å². The molecular formula is C15H20F3NO3. The van der Waals surface area contributed by atoms with Crippen molar-refractivity contribution in [1.82, 2.24) is 4.90 Å². The second kappa shape index (κ2) is 5.96. The van der Waals surface area contributed by atoms with E-state index in [-0.39, 0.29) is 13.3 Å². The van der Waals surface area contributed by atoms with E-state index in [0.717, 1.165) is 5.56 Å². The maximum atomic E-state index is 12.3. The Bertz CT molecular complexity index is 531. The molecule has 1 atom stereocenters. The molecule has 1 aromatic rings. The molecule has 1 aliphatic rings. The Labute approximate surface area is 127 Å². The zero-order valence-electron chi connectivity index (χ0n) is 12.8. The van der Waals surface area contributed by atoms with Crippen LogP contribution in [0, 0.1) is 0 Å². The van der Waals surface area contributed by atoms with E-state index in [0.29, 0.717) is 11.5 Å². The fourth-order valence-electron chi connectivity index (χ4n) is 2.37. The van der Waals surface area contributed by atoms with Gasteiger partial charge >= 0.3 is 6.18 Å². The van der Waals surface area contributed by atoms with Crippen LogP contribution < -0.4 is 9.47 Å². The molecule has 0 fully saturated rings. The number of alkyl halides is 3. The van der Waals surface area contributed by atoms with E-state index in [1.165, 1.54) is 0 Å². The largest absolute Gasteiger partial charge is 0.454 e. The first-order valence-corrected chi connectivity index (χ1v) is 6.96. The van der Waals surface area contributed by atoms with Crippen molar-refractivity contribution in [2.24, 2.45) is 0 Å². The lowest BCUT2D eigenvalue weighted by atomic mass is 9.92. The average molecular weight is 319 g/mol. The van der Waals surface area contributed by atoms with Gasteiger partial charge in [0, 0.05) is 12.1 Å². The van der Waals surface area contributed by atoms with E-state index in [1.54, 1.807) is 18.0 Å². The molecule has 7 heteroatoms. The summed E-state index contributed by atoms with van der Waals surface area (Å²) >= 11 is 0. The van der Waals surface area contributed by atoms with Crippen molar-refractivity contribution < 1.29 is 27.8 Å². The number of ether oxygens (including phenoxy) is 2. The van der Waals surface area contributed by atoms with E-state index in [1.807, 2.05) is 26.0 Å². The van der Waals surface area contributed by atoms with Gasteiger partial charge in [-0.2, -0.15) is 13.2 Å². The highest BCUT2D eigenvalue weighted by molar-refractivity contribution is 5.46. The van der Waals surface area contributed by atoms with Gasteiger partial charge in [-0.05, 0) is 38.6 Å². The smallest absolute Gasteiger partial charge is 0.391 e. The number of fused-ring (bicyclic) bond motifs is 1. The lowest BCUT2D eigenvalue weighted by molar-refractivity contribution is -0.156. The number of likely N-dealkylation sites (N-methyl/N-ethyl adjacent to an activating group) is 1. The molecule has 0 aliphatic carbocycles. The SMILES string of the molecule is CN(C[C@H](O)CC(F)(F)F)C(C)(C)c1ccc2c(c1)OCO2. The minimum absolute atomic E-state index is 0.0824. The highest BCUT2D eigenvalue weighted by Crippen LogP contribution is 2.37. The molecule has 22 heavy (non-hydrogen) atoms. The number of hydrogen-bond acceptors (Lipinski definition) is 4. The molecule has 124 valence electrons. The summed E-state index contributed by atoms with van der Waals surface area (Å²) in [5.74, 6) is 1.27. The van der Waals surface area contributed by atoms with Crippen molar-refractivity contribution in [2.45, 2.75) is 38.1 Å². The van der Waals surface area contributed by atoms with E-state index in [4.69, 9.17) is 9.47 Å². The molecule has 0 spiro atoms. The average Bonchev–Trinajstić information content (AvgIpc) is 2.83. The number of nitrogens with zero attached hydrogens (tertiary/aromatic N) is 1. The van der Waals surface area contributed by atoms with Crippen molar-refractivity contribution in [2.75, 3.05) is 20.4 Å². The number of benzene rings is 1. The molecule has 4 nitrogen and oxygen atoms in total. The predicted molar refractivity (Wildman–Crippen MR) is 74.9 cm³/mol. The van der Waals surface area contributed by atoms with Crippen LogP contribution in [0.5, 0.6) is 11.5 Å². The summed E-state index contributed by atoms with van der Waals surface area (Å²) in [6, 6.07) is 5.44. The molecule has 0 bridgehead atoms. The van der Waals surface area contributed by atoms with Crippen molar-refractivity contribution in [1.29, 1.82) is 0 Å². The first-order valence-electron chi connectivity index (χ1n) is 6.96. The van der Waals surface area contributed by atoms with Crippen LogP contribution >= 0.6 is 0 Å². The zero-order chi connectivity index (χ0) is 16.5. The molecule has 0 aromatic heterocycles. The Balaban J connectivity index is 2.08. The van der Waals surface area contributed by atoms with Gasteiger partial charge in [0.1, 0.15) is 0 Å². The number of aliphatic hydroxyl groups is 1. The van der Waals surface area contributed by atoms with Gasteiger partial charge in [0.25, 0.3) is 0 Å². The van der Waals surface area contributed by atoms with E-state index in [2.05, 4.69) is 0 Å². The van der Waals surface area contributed by atoms with Crippen LogP contribution in [0.3, 0.4) is 0 Å². The number of halogens is 3. The molecule has 1 heterocycles. The molecule has 1 aliphatic heterocycles. The monoisotopic (exact) mass is 319 g/mol. The fraction of sp³-hybridized carbons (Fsp3) is 0.600. The van der Waals surface area contributed by atoms with Gasteiger partial charge in [-0.15, -0.1) is 0 Å². The molecule has 1 aromatic carbocycles. The molecule has 1 N–H and O–H groups in total. The van der Waals surface area contributed by atoms with Crippen LogP contribution in [0.25, 0.3) is 0 Å². The third-order valence-electron chi connectivity index (χ3n) is 3.99. The quantitative estimate of drug-likeness (QED) is 0.906. The molecule has 0 saturated carbocycles. The Morgan fingerprint density at radius 2 is 1.86 bits per heavy atom. The maximum absolute atomic E-state index is 12.3. The summed E-state index contributed by atoms with van der Waals surface area (Å²) in [6.07, 6.45) is -7.05. The summed E-state index contributed by atoms with van der Waals surface area (Å²) in [4.78, 5) is 1.70. The zero-order valence-corrected chi connectivity index (χ0v) is 12.8. The number of hydrogen-bond donors (Lipinski definition) is 1. The summed E-state index contributed by atoms with van der Waals surface area (Å²) in [5.41, 5.74) is 0.312. The van der Waals surface area contributed by atoms with Crippen molar-refractivity contribution in [3.05, 3.63) is 23.8 Å². The first kappa shape index (κ1) is 16.9. The maximum Gasteiger partial charge on any atom is 0.391 e. The van der Waals surface area contributed by atoms with Crippen LogP contribution in [-0.4, -0.2) is 42.7 Å². The second-order valence-electron chi connectivity index (χ2n) is 5.98. The summed E-state index contributed by atoms with van der Waals surface area (Å²) in [7, 11) is 1.68. The third-order valence-corrected chi connectivity index (χ3v) is 3.99. The molecule has 2 rings (SSSR count). The highest BCUT2D eigenvalue weighted by atomic mass is 19.4. The first-order chi connectivity index (χ1) is 10.1. The minimum Gasteiger partial charge on any atom is -0.454 e. The normalized spacial score (nSPS) is 16.2. The van der Waals surface area contributed by atoms with Gasteiger partial charge in [0.2, 0.25) is 6.79 Å². The number of aliphatic hydroxyl groups excluding tert-OH is 1. The van der Waals surface area contributed by atoms with Gasteiger partial charge < -0.3 is 14.6 Å². The Hall–Kier alpha value is -1.47. The predicted octanol–water partition coefficient (Wildman–Crippen LogP) is 2.90. The van der Waals surface area contributed by atoms with Crippen molar-refractivity contribution in [3.8, 4) is 11.5 Å². The van der Waals surface area contributed by atoms with E-state index >= 15 is 0 Å². The Morgan fingerprint density at radius 1 is 1.23 bits per heavy atom. The molecule has 0 saturated heterocycles. The lowest BCUT2D eigenvalue weighted by Gasteiger charge is -2.37. The van der Waals surface area contributed by atoms with Crippen molar-refractivity contribution >= 4 is 0 Å². The van der Waals surface area contributed by atoms with Crippen LogP contribution in [-0.2, 0) is 5.54 Å². The van der Waals surface area contributed by atoms with Gasteiger partial charge in [-0.25, -0.2) is 0 Å². The van der Waals surface area contributed by atoms with Gasteiger partial charge in [0.05, 0.1) is 12.5 Å². The lowest BCUT2D eigenvalue weighted by Crippen LogP contribution is -2.43. The Morgan fingerprint density at radius 3 is 2.50 bits per heavy atom. The van der Waals surface area contributed by atoms with Gasteiger partial charge in [-0.3, -0.25) is 4.90 Å². The van der Waals surface area contributed by atoms with Crippen LogP contribution in [0.1, 0.15) is 25.8 Å². The molecular weight excluding hydrogens is 299 g/mol. The van der Waals surface area contributed by atoms with Gasteiger partial charge in [0.15, 0.2) is 11.5 Å². The molecule has 0 unspecified atom stereocenters. The van der Waals surface area contributed by atoms with Gasteiger partial charge in [-0.1, -0.05) is 6.07 Å². The van der Waals surface area contributed by atoms with Crippen LogP contribution in [0.4, 0.5) is 13.2 Å². The van der Waals surface area contributed by atoms with E-state index in [9.17, 15) is 18.3 Å². The minimum atomic E-state index is -4.37. The highest BCUT2D eigenvalue weighted by Gasteiger charge is 2.34. The summed E-state index contributed by atoms with van der Waals surface area (Å²) < 4.78 is 47.5. The standard InChI is InChI=1S/C15H20F3NO3/c1-14(2,19(3)8-11(20)7-15(16,17)18)10-4-5-12-13(6-10)22-9-21-12/h4-6,11,20H,7-9H2,1-3H3/t11-/m1/s1. The molecule has 0 radical (unpaired) electrons. The number of rotatable bonds is 5. The topological polar surface area (TPSA) is 41.9 Å². The second-order valence-corrected chi connectivity index (χ2v) is 5.98. The van der Waals surface area contributed by atoms with Crippen LogP contribution in [0.2, 0.25) is 0 Å². The van der Waals surface area contributed by atoms with Crippen LogP contribution in [0.15, 0.2) is 18.2 Å². The fourth-order valence-corrected chi connectivity index (χ4v) is 2.37. The Kier molecular flexibility index (Phi) is 4.58.